The van der Waals surface area contributed by atoms with Crippen LogP contribution in [-0.4, -0.2) is 50.3 Å². The predicted octanol–water partition coefficient (Wildman–Crippen LogP) is 3.22. The molecule has 4 N–H and O–H groups in total. The number of carbonyl (C=O) groups is 1. The summed E-state index contributed by atoms with van der Waals surface area (Å²) >= 11 is 0. The Morgan fingerprint density at radius 3 is 2.43 bits per heavy atom. The lowest BCUT2D eigenvalue weighted by Gasteiger charge is -2.14. The van der Waals surface area contributed by atoms with Crippen LogP contribution in [-0.2, 0) is 0 Å². The summed E-state index contributed by atoms with van der Waals surface area (Å²) < 4.78 is 10.9. The molecule has 30 heavy (non-hydrogen) atoms. The molecule has 2 aromatic rings. The van der Waals surface area contributed by atoms with E-state index >= 15 is 0 Å². The van der Waals surface area contributed by atoms with Crippen LogP contribution in [0.15, 0.2) is 47.5 Å². The molecule has 0 atom stereocenters. The highest BCUT2D eigenvalue weighted by Crippen LogP contribution is 2.30. The number of phenolic OH excluding ortho intramolecular Hbond substituents is 1. The number of rotatable bonds is 9. The first-order valence-corrected chi connectivity index (χ1v) is 9.50. The molecule has 0 spiro atoms. The van der Waals surface area contributed by atoms with E-state index in [0.29, 0.717) is 49.3 Å². The maximum Gasteiger partial charge on any atom is 0.251 e. The summed E-state index contributed by atoms with van der Waals surface area (Å²) in [6.45, 7) is 5.92. The van der Waals surface area contributed by atoms with Gasteiger partial charge in [-0.25, -0.2) is 0 Å². The molecule has 0 aliphatic rings. The largest absolute Gasteiger partial charge is 0.508 e. The normalized spacial score (nSPS) is 10.6. The zero-order valence-corrected chi connectivity index (χ0v) is 19.7. The molecule has 8 nitrogen and oxygen atoms in total. The molecule has 1 amide bonds. The van der Waals surface area contributed by atoms with Crippen molar-refractivity contribution in [2.45, 2.75) is 13.8 Å². The lowest BCUT2D eigenvalue weighted by Crippen LogP contribution is -2.32. The number of nitrogens with zero attached hydrogens (tertiary/aromatic N) is 1. The van der Waals surface area contributed by atoms with E-state index in [1.165, 1.54) is 12.1 Å². The van der Waals surface area contributed by atoms with Gasteiger partial charge in [-0.15, -0.1) is 24.0 Å². The SMILES string of the molecule is CCNC(=NCCNC(=O)c1ccc(O)cc1)Nc1ccc(OCC)c(OC)c1.I. The average molecular weight is 528 g/mol. The molecule has 0 fully saturated rings. The van der Waals surface area contributed by atoms with Gasteiger partial charge >= 0.3 is 0 Å². The van der Waals surface area contributed by atoms with Crippen molar-refractivity contribution in [3.8, 4) is 17.2 Å². The third kappa shape index (κ3) is 7.97. The van der Waals surface area contributed by atoms with Gasteiger partial charge in [0.05, 0.1) is 20.3 Å². The third-order valence-electron chi connectivity index (χ3n) is 3.87. The summed E-state index contributed by atoms with van der Waals surface area (Å²) in [5.74, 6) is 1.82. The Hall–Kier alpha value is -2.69. The molecule has 0 unspecified atom stereocenters. The molecule has 2 aromatic carbocycles. The third-order valence-corrected chi connectivity index (χ3v) is 3.87. The van der Waals surface area contributed by atoms with Crippen molar-refractivity contribution in [1.82, 2.24) is 10.6 Å². The second-order valence-corrected chi connectivity index (χ2v) is 5.99. The second-order valence-electron chi connectivity index (χ2n) is 5.99. The number of aromatic hydroxyl groups is 1. The zero-order chi connectivity index (χ0) is 21.1. The van der Waals surface area contributed by atoms with E-state index in [9.17, 15) is 9.90 Å². The van der Waals surface area contributed by atoms with E-state index < -0.39 is 0 Å². The quantitative estimate of drug-likeness (QED) is 0.173. The van der Waals surface area contributed by atoms with Crippen LogP contribution in [0, 0.1) is 0 Å². The summed E-state index contributed by atoms with van der Waals surface area (Å²) in [7, 11) is 1.59. The minimum absolute atomic E-state index is 0. The van der Waals surface area contributed by atoms with Gasteiger partial charge in [0.2, 0.25) is 0 Å². The van der Waals surface area contributed by atoms with E-state index in [1.807, 2.05) is 32.0 Å². The number of guanidine groups is 1. The molecule has 2 rings (SSSR count). The van der Waals surface area contributed by atoms with Crippen molar-refractivity contribution in [2.24, 2.45) is 4.99 Å². The Bertz CT molecular complexity index is 828. The number of phenols is 1. The van der Waals surface area contributed by atoms with E-state index in [-0.39, 0.29) is 35.6 Å². The van der Waals surface area contributed by atoms with Gasteiger partial charge in [0, 0.05) is 30.4 Å². The van der Waals surface area contributed by atoms with Crippen molar-refractivity contribution < 1.29 is 19.4 Å². The Kier molecular flexibility index (Phi) is 11.4. The summed E-state index contributed by atoms with van der Waals surface area (Å²) in [4.78, 5) is 16.5. The first kappa shape index (κ1) is 25.3. The van der Waals surface area contributed by atoms with Crippen LogP contribution in [0.2, 0.25) is 0 Å². The number of benzene rings is 2. The minimum Gasteiger partial charge on any atom is -0.508 e. The van der Waals surface area contributed by atoms with Crippen molar-refractivity contribution in [1.29, 1.82) is 0 Å². The Balaban J connectivity index is 0.00000450. The Labute approximate surface area is 194 Å². The molecular weight excluding hydrogens is 499 g/mol. The lowest BCUT2D eigenvalue weighted by molar-refractivity contribution is 0.0955. The van der Waals surface area contributed by atoms with Crippen LogP contribution in [0.5, 0.6) is 17.2 Å². The van der Waals surface area contributed by atoms with E-state index in [2.05, 4.69) is 20.9 Å². The summed E-state index contributed by atoms with van der Waals surface area (Å²) in [5.41, 5.74) is 1.29. The van der Waals surface area contributed by atoms with E-state index in [0.717, 1.165) is 5.69 Å². The minimum atomic E-state index is -0.214. The first-order valence-electron chi connectivity index (χ1n) is 9.50. The number of hydrogen-bond acceptors (Lipinski definition) is 5. The van der Waals surface area contributed by atoms with Crippen molar-refractivity contribution in [3.05, 3.63) is 48.0 Å². The number of halogens is 1. The van der Waals surface area contributed by atoms with Crippen LogP contribution >= 0.6 is 24.0 Å². The van der Waals surface area contributed by atoms with Gasteiger partial charge in [-0.3, -0.25) is 9.79 Å². The van der Waals surface area contributed by atoms with Crippen LogP contribution in [0.1, 0.15) is 24.2 Å². The second kappa shape index (κ2) is 13.5. The fourth-order valence-corrected chi connectivity index (χ4v) is 2.52. The lowest BCUT2D eigenvalue weighted by atomic mass is 10.2. The highest BCUT2D eigenvalue weighted by atomic mass is 127. The van der Waals surface area contributed by atoms with E-state index in [4.69, 9.17) is 9.47 Å². The van der Waals surface area contributed by atoms with Crippen LogP contribution < -0.4 is 25.4 Å². The monoisotopic (exact) mass is 528 g/mol. The van der Waals surface area contributed by atoms with Gasteiger partial charge < -0.3 is 30.5 Å². The van der Waals surface area contributed by atoms with Crippen molar-refractivity contribution in [3.63, 3.8) is 0 Å². The van der Waals surface area contributed by atoms with Gasteiger partial charge in [-0.1, -0.05) is 0 Å². The summed E-state index contributed by atoms with van der Waals surface area (Å²) in [5, 5.41) is 18.5. The van der Waals surface area contributed by atoms with Crippen LogP contribution in [0.25, 0.3) is 0 Å². The number of ether oxygens (including phenoxy) is 2. The molecule has 9 heteroatoms. The molecule has 164 valence electrons. The number of nitrogens with one attached hydrogen (secondary N) is 3. The maximum atomic E-state index is 12.1. The molecule has 0 bridgehead atoms. The molecule has 0 saturated carbocycles. The summed E-state index contributed by atoms with van der Waals surface area (Å²) in [6.07, 6.45) is 0. The van der Waals surface area contributed by atoms with Crippen LogP contribution in [0.3, 0.4) is 0 Å². The van der Waals surface area contributed by atoms with Crippen molar-refractivity contribution >= 4 is 41.5 Å². The molecular formula is C21H29IN4O4. The zero-order valence-electron chi connectivity index (χ0n) is 17.4. The van der Waals surface area contributed by atoms with Gasteiger partial charge in [0.25, 0.3) is 5.91 Å². The Morgan fingerprint density at radius 1 is 1.07 bits per heavy atom. The number of amides is 1. The number of methoxy groups -OCH3 is 1. The maximum absolute atomic E-state index is 12.1. The van der Waals surface area contributed by atoms with Gasteiger partial charge in [-0.05, 0) is 50.2 Å². The van der Waals surface area contributed by atoms with E-state index in [1.54, 1.807) is 19.2 Å². The van der Waals surface area contributed by atoms with Crippen LogP contribution in [0.4, 0.5) is 5.69 Å². The van der Waals surface area contributed by atoms with Gasteiger partial charge in [-0.2, -0.15) is 0 Å². The summed E-state index contributed by atoms with van der Waals surface area (Å²) in [6, 6.07) is 11.7. The number of aliphatic imine (C=N–C) groups is 1. The fraction of sp³-hybridized carbons (Fsp3) is 0.333. The molecule has 0 heterocycles. The molecule has 0 aliphatic carbocycles. The molecule has 0 aromatic heterocycles. The van der Waals surface area contributed by atoms with Crippen molar-refractivity contribution in [2.75, 3.05) is 38.7 Å². The topological polar surface area (TPSA) is 104 Å². The highest BCUT2D eigenvalue weighted by Gasteiger charge is 2.07. The smallest absolute Gasteiger partial charge is 0.251 e. The highest BCUT2D eigenvalue weighted by molar-refractivity contribution is 14.0. The fourth-order valence-electron chi connectivity index (χ4n) is 2.52. The number of carbonyl (C=O) groups excluding carboxylic acids is 1. The first-order chi connectivity index (χ1) is 14.1. The standard InChI is InChI=1S/C21H28N4O4.HI/c1-4-22-21(25-16-8-11-18(29-5-2)19(14-16)28-3)24-13-12-23-20(27)15-6-9-17(26)10-7-15;/h6-11,14,26H,4-5,12-13H2,1-3H3,(H,23,27)(H2,22,24,25);1H. The number of anilines is 1. The molecule has 0 radical (unpaired) electrons. The van der Waals surface area contributed by atoms with Gasteiger partial charge in [0.1, 0.15) is 5.75 Å². The Morgan fingerprint density at radius 2 is 1.80 bits per heavy atom. The average Bonchev–Trinajstić information content (AvgIpc) is 2.72. The molecule has 0 saturated heterocycles. The predicted molar refractivity (Wildman–Crippen MR) is 130 cm³/mol. The van der Waals surface area contributed by atoms with Gasteiger partial charge in [0.15, 0.2) is 17.5 Å². The molecule has 0 aliphatic heterocycles. The number of hydrogen-bond donors (Lipinski definition) is 4.